The van der Waals surface area contributed by atoms with Crippen molar-refractivity contribution in [3.8, 4) is 5.69 Å². The molecule has 1 saturated heterocycles. The molecule has 222 valence electrons. The van der Waals surface area contributed by atoms with Gasteiger partial charge in [0.2, 0.25) is 21.8 Å². The second-order valence-electron chi connectivity index (χ2n) is 10.6. The molecule has 2 aliphatic rings. The summed E-state index contributed by atoms with van der Waals surface area (Å²) < 4.78 is 31.4. The average Bonchev–Trinajstić information content (AvgIpc) is 3.71. The largest absolute Gasteiger partial charge is 0.323 e. The number of nitrogens with zero attached hydrogens (tertiary/aromatic N) is 5. The number of sulfonamides is 1. The molecule has 44 heavy (non-hydrogen) atoms. The monoisotopic (exact) mass is 624 g/mol. The Morgan fingerprint density at radius 1 is 0.909 bits per heavy atom. The van der Waals surface area contributed by atoms with Crippen molar-refractivity contribution in [2.75, 3.05) is 29.1 Å². The first-order valence-corrected chi connectivity index (χ1v) is 16.7. The summed E-state index contributed by atoms with van der Waals surface area (Å²) in [5.41, 5.74) is 1.99. The number of carbonyl (C=O) groups is 2. The lowest BCUT2D eigenvalue weighted by atomic mass is 10.1. The minimum Gasteiger partial charge on any atom is -0.323 e. The standard InChI is InChI=1S/C32H28N6O4S2/c39-29-20-36(27-14-7-6-13-26(27)33-29)30(40)21-43-32-35-34-31(38(32)24-11-2-1-3-12-24)28-15-8-18-37(28)44(41,42)25-17-16-22-9-4-5-10-23(22)19-25/h1-7,9-14,16-17,19,28H,8,15,18,20-21H2,(H,33,39)/t28-/m0/s1. The molecule has 0 saturated carbocycles. The van der Waals surface area contributed by atoms with Gasteiger partial charge < -0.3 is 10.2 Å². The van der Waals surface area contributed by atoms with Gasteiger partial charge in [0.05, 0.1) is 28.1 Å². The summed E-state index contributed by atoms with van der Waals surface area (Å²) in [6, 6.07) is 29.0. The molecule has 1 N–H and O–H groups in total. The summed E-state index contributed by atoms with van der Waals surface area (Å²) in [5, 5.41) is 14.1. The zero-order valence-corrected chi connectivity index (χ0v) is 25.2. The molecule has 12 heteroatoms. The van der Waals surface area contributed by atoms with Gasteiger partial charge in [-0.1, -0.05) is 72.4 Å². The van der Waals surface area contributed by atoms with E-state index in [0.717, 1.165) is 16.5 Å². The highest BCUT2D eigenvalue weighted by molar-refractivity contribution is 7.99. The van der Waals surface area contributed by atoms with E-state index in [1.165, 1.54) is 21.0 Å². The zero-order valence-electron chi connectivity index (χ0n) is 23.5. The molecule has 1 fully saturated rings. The first-order valence-electron chi connectivity index (χ1n) is 14.2. The highest BCUT2D eigenvalue weighted by Gasteiger charge is 2.40. The molecule has 2 aliphatic heterocycles. The van der Waals surface area contributed by atoms with Crippen LogP contribution in [0.1, 0.15) is 24.7 Å². The summed E-state index contributed by atoms with van der Waals surface area (Å²) in [7, 11) is -3.84. The van der Waals surface area contributed by atoms with Crippen molar-refractivity contribution in [3.63, 3.8) is 0 Å². The normalized spacial score (nSPS) is 17.0. The molecule has 4 aromatic carbocycles. The lowest BCUT2D eigenvalue weighted by Crippen LogP contribution is -2.43. The second kappa shape index (κ2) is 11.5. The van der Waals surface area contributed by atoms with Gasteiger partial charge in [0.25, 0.3) is 0 Å². The number of amides is 2. The summed E-state index contributed by atoms with van der Waals surface area (Å²) >= 11 is 1.20. The summed E-state index contributed by atoms with van der Waals surface area (Å²) in [6.45, 7) is 0.287. The molecule has 0 spiro atoms. The maximum absolute atomic E-state index is 14.0. The van der Waals surface area contributed by atoms with Gasteiger partial charge in [0, 0.05) is 12.2 Å². The topological polar surface area (TPSA) is 118 Å². The van der Waals surface area contributed by atoms with Crippen molar-refractivity contribution in [2.24, 2.45) is 0 Å². The highest BCUT2D eigenvalue weighted by Crippen LogP contribution is 2.39. The molecular formula is C32H28N6O4S2. The number of hydrogen-bond donors (Lipinski definition) is 1. The van der Waals surface area contributed by atoms with E-state index < -0.39 is 16.1 Å². The van der Waals surface area contributed by atoms with Gasteiger partial charge in [-0.3, -0.25) is 14.2 Å². The minimum atomic E-state index is -3.84. The van der Waals surface area contributed by atoms with Gasteiger partial charge in [-0.15, -0.1) is 10.2 Å². The van der Waals surface area contributed by atoms with E-state index in [2.05, 4.69) is 15.5 Å². The smallest absolute Gasteiger partial charge is 0.244 e. The van der Waals surface area contributed by atoms with Crippen molar-refractivity contribution in [3.05, 3.63) is 103 Å². The Bertz CT molecular complexity index is 2000. The van der Waals surface area contributed by atoms with Crippen molar-refractivity contribution >= 4 is 55.7 Å². The van der Waals surface area contributed by atoms with Crippen LogP contribution in [0.4, 0.5) is 11.4 Å². The number of aromatic nitrogens is 3. The summed E-state index contributed by atoms with van der Waals surface area (Å²) in [5.74, 6) is 0.000344. The van der Waals surface area contributed by atoms with E-state index in [-0.39, 0.29) is 29.0 Å². The van der Waals surface area contributed by atoms with Crippen LogP contribution >= 0.6 is 11.8 Å². The molecule has 7 rings (SSSR count). The number of hydrogen-bond acceptors (Lipinski definition) is 7. The molecule has 0 aliphatic carbocycles. The van der Waals surface area contributed by atoms with E-state index in [1.807, 2.05) is 71.3 Å². The van der Waals surface area contributed by atoms with Crippen LogP contribution in [0, 0.1) is 0 Å². The number of nitrogens with one attached hydrogen (secondary N) is 1. The lowest BCUT2D eigenvalue weighted by molar-refractivity contribution is -0.120. The molecule has 2 amide bonds. The molecule has 1 aromatic heterocycles. The Morgan fingerprint density at radius 2 is 1.66 bits per heavy atom. The first-order chi connectivity index (χ1) is 21.4. The van der Waals surface area contributed by atoms with Gasteiger partial charge in [-0.2, -0.15) is 4.31 Å². The number of para-hydroxylation sites is 3. The fraction of sp³-hybridized carbons (Fsp3) is 0.188. The van der Waals surface area contributed by atoms with Gasteiger partial charge in [0.1, 0.15) is 6.54 Å². The quantitative estimate of drug-likeness (QED) is 0.253. The van der Waals surface area contributed by atoms with E-state index in [0.29, 0.717) is 41.7 Å². The van der Waals surface area contributed by atoms with Crippen LogP contribution in [0.2, 0.25) is 0 Å². The second-order valence-corrected chi connectivity index (χ2v) is 13.5. The van der Waals surface area contributed by atoms with Crippen LogP contribution in [0.5, 0.6) is 0 Å². The van der Waals surface area contributed by atoms with Crippen molar-refractivity contribution in [1.29, 1.82) is 0 Å². The van der Waals surface area contributed by atoms with Gasteiger partial charge in [-0.25, -0.2) is 8.42 Å². The van der Waals surface area contributed by atoms with Crippen LogP contribution in [0.25, 0.3) is 16.5 Å². The predicted octanol–water partition coefficient (Wildman–Crippen LogP) is 5.02. The zero-order chi connectivity index (χ0) is 30.3. The molecule has 0 radical (unpaired) electrons. The van der Waals surface area contributed by atoms with Crippen molar-refractivity contribution in [1.82, 2.24) is 19.1 Å². The SMILES string of the molecule is O=C1CN(C(=O)CSc2nnc([C@@H]3CCCN3S(=O)(=O)c3ccc4ccccc4c3)n2-c2ccccc2)c2ccccc2N1. The maximum atomic E-state index is 14.0. The summed E-state index contributed by atoms with van der Waals surface area (Å²) in [4.78, 5) is 27.4. The van der Waals surface area contributed by atoms with Crippen LogP contribution < -0.4 is 10.2 Å². The van der Waals surface area contributed by atoms with E-state index >= 15 is 0 Å². The Kier molecular flexibility index (Phi) is 7.40. The first kappa shape index (κ1) is 28.3. The fourth-order valence-corrected chi connectivity index (χ4v) is 8.35. The maximum Gasteiger partial charge on any atom is 0.244 e. The average molecular weight is 625 g/mol. The van der Waals surface area contributed by atoms with Crippen molar-refractivity contribution in [2.45, 2.75) is 28.9 Å². The number of fused-ring (bicyclic) bond motifs is 2. The van der Waals surface area contributed by atoms with Crippen LogP contribution in [0.15, 0.2) is 107 Å². The third-order valence-corrected chi connectivity index (χ3v) is 10.7. The van der Waals surface area contributed by atoms with Crippen LogP contribution in [-0.2, 0) is 19.6 Å². The van der Waals surface area contributed by atoms with Crippen molar-refractivity contribution < 1.29 is 18.0 Å². The molecule has 0 bridgehead atoms. The van der Waals surface area contributed by atoms with Gasteiger partial charge in [-0.05, 0) is 60.0 Å². The van der Waals surface area contributed by atoms with Crippen LogP contribution in [0.3, 0.4) is 0 Å². The molecule has 5 aromatic rings. The number of benzene rings is 4. The van der Waals surface area contributed by atoms with E-state index in [9.17, 15) is 18.0 Å². The number of rotatable bonds is 7. The highest BCUT2D eigenvalue weighted by atomic mass is 32.2. The van der Waals surface area contributed by atoms with E-state index in [1.54, 1.807) is 30.3 Å². The fourth-order valence-electron chi connectivity index (χ4n) is 5.82. The molecule has 3 heterocycles. The molecule has 0 unspecified atom stereocenters. The molecule has 1 atom stereocenters. The van der Waals surface area contributed by atoms with E-state index in [4.69, 9.17) is 0 Å². The molecule has 10 nitrogen and oxygen atoms in total. The Balaban J connectivity index is 1.20. The minimum absolute atomic E-state index is 0.0103. The number of carbonyl (C=O) groups excluding carboxylic acids is 2. The van der Waals surface area contributed by atoms with Crippen LogP contribution in [-0.4, -0.2) is 58.1 Å². The summed E-state index contributed by atoms with van der Waals surface area (Å²) in [6.07, 6.45) is 1.26. The molecular weight excluding hydrogens is 597 g/mol. The van der Waals surface area contributed by atoms with Gasteiger partial charge in [0.15, 0.2) is 11.0 Å². The lowest BCUT2D eigenvalue weighted by Gasteiger charge is -2.29. The number of anilines is 2. The Morgan fingerprint density at radius 3 is 2.50 bits per heavy atom. The predicted molar refractivity (Wildman–Crippen MR) is 169 cm³/mol. The third-order valence-electron chi connectivity index (χ3n) is 7.90. The number of thioether (sulfide) groups is 1. The Labute approximate surface area is 258 Å². The third kappa shape index (κ3) is 5.14. The van der Waals surface area contributed by atoms with Gasteiger partial charge >= 0.3 is 0 Å². The Hall–Kier alpha value is -4.52.